The molecule has 5 heteroatoms. The molecule has 21 heavy (non-hydrogen) atoms. The molecule has 0 aliphatic carbocycles. The van der Waals surface area contributed by atoms with Gasteiger partial charge in [0.25, 0.3) is 0 Å². The van der Waals surface area contributed by atoms with Gasteiger partial charge in [0.1, 0.15) is 5.75 Å². The minimum Gasteiger partial charge on any atom is -0.495 e. The molecule has 1 heterocycles. The molecular weight excluding hydrogens is 304 g/mol. The number of ether oxygens (including phenoxy) is 1. The van der Waals surface area contributed by atoms with Crippen LogP contribution in [0.2, 0.25) is 5.02 Å². The van der Waals surface area contributed by atoms with Gasteiger partial charge in [0.2, 0.25) is 0 Å². The van der Waals surface area contributed by atoms with Crippen molar-refractivity contribution in [1.82, 2.24) is 5.43 Å². The second-order valence-corrected chi connectivity index (χ2v) is 6.00. The summed E-state index contributed by atoms with van der Waals surface area (Å²) in [6.07, 6.45) is 0. The molecule has 1 aromatic heterocycles. The Morgan fingerprint density at radius 2 is 2.05 bits per heavy atom. The zero-order valence-corrected chi connectivity index (χ0v) is 13.0. The van der Waals surface area contributed by atoms with E-state index in [0.29, 0.717) is 10.8 Å². The van der Waals surface area contributed by atoms with Crippen molar-refractivity contribution in [2.75, 3.05) is 7.11 Å². The number of hydrogen-bond donors (Lipinski definition) is 2. The number of rotatable bonds is 4. The van der Waals surface area contributed by atoms with Crippen molar-refractivity contribution in [2.45, 2.75) is 6.04 Å². The standard InChI is InChI=1S/C16H15ClN2OS/c1-20-14-8-10(6-7-13(14)17)16(19-18)12-9-21-15-5-3-2-4-11(12)15/h2-9,16,19H,18H2,1H3. The summed E-state index contributed by atoms with van der Waals surface area (Å²) in [5, 5.41) is 3.93. The van der Waals surface area contributed by atoms with Gasteiger partial charge in [0, 0.05) is 4.70 Å². The predicted octanol–water partition coefficient (Wildman–Crippen LogP) is 4.12. The highest BCUT2D eigenvalue weighted by molar-refractivity contribution is 7.17. The van der Waals surface area contributed by atoms with Gasteiger partial charge in [-0.1, -0.05) is 35.9 Å². The quantitative estimate of drug-likeness (QED) is 0.562. The molecule has 3 aromatic rings. The van der Waals surface area contributed by atoms with Gasteiger partial charge in [-0.25, -0.2) is 5.43 Å². The van der Waals surface area contributed by atoms with Crippen LogP contribution in [0.5, 0.6) is 5.75 Å². The Kier molecular flexibility index (Phi) is 4.12. The summed E-state index contributed by atoms with van der Waals surface area (Å²) in [4.78, 5) is 0. The van der Waals surface area contributed by atoms with Gasteiger partial charge in [-0.05, 0) is 40.1 Å². The maximum Gasteiger partial charge on any atom is 0.137 e. The molecule has 1 unspecified atom stereocenters. The van der Waals surface area contributed by atoms with Crippen LogP contribution in [0.15, 0.2) is 47.8 Å². The van der Waals surface area contributed by atoms with Gasteiger partial charge < -0.3 is 4.74 Å². The lowest BCUT2D eigenvalue weighted by atomic mass is 9.98. The summed E-state index contributed by atoms with van der Waals surface area (Å²) in [5.74, 6) is 6.44. The smallest absolute Gasteiger partial charge is 0.137 e. The fourth-order valence-corrected chi connectivity index (χ4v) is 3.63. The highest BCUT2D eigenvalue weighted by atomic mass is 35.5. The number of hydrogen-bond acceptors (Lipinski definition) is 4. The molecule has 2 aromatic carbocycles. The normalized spacial score (nSPS) is 12.5. The second kappa shape index (κ2) is 6.03. The number of methoxy groups -OCH3 is 1. The summed E-state index contributed by atoms with van der Waals surface area (Å²) in [6.45, 7) is 0. The lowest BCUT2D eigenvalue weighted by Crippen LogP contribution is -2.28. The molecule has 0 fully saturated rings. The van der Waals surface area contributed by atoms with Crippen molar-refractivity contribution >= 4 is 33.0 Å². The number of nitrogens with two attached hydrogens (primary N) is 1. The summed E-state index contributed by atoms with van der Waals surface area (Å²) < 4.78 is 6.53. The summed E-state index contributed by atoms with van der Waals surface area (Å²) in [6, 6.07) is 13.9. The highest BCUT2D eigenvalue weighted by Gasteiger charge is 2.18. The van der Waals surface area contributed by atoms with Crippen molar-refractivity contribution in [3.63, 3.8) is 0 Å². The van der Waals surface area contributed by atoms with Crippen molar-refractivity contribution in [2.24, 2.45) is 5.84 Å². The Morgan fingerprint density at radius 1 is 1.24 bits per heavy atom. The lowest BCUT2D eigenvalue weighted by molar-refractivity contribution is 0.414. The van der Waals surface area contributed by atoms with Crippen LogP contribution < -0.4 is 16.0 Å². The first-order valence-corrected chi connectivity index (χ1v) is 7.76. The van der Waals surface area contributed by atoms with Gasteiger partial charge in [-0.15, -0.1) is 11.3 Å². The minimum absolute atomic E-state index is 0.104. The Labute approximate surface area is 132 Å². The molecule has 108 valence electrons. The van der Waals surface area contributed by atoms with Gasteiger partial charge >= 0.3 is 0 Å². The zero-order valence-electron chi connectivity index (χ0n) is 11.5. The Hall–Kier alpha value is -1.59. The summed E-state index contributed by atoms with van der Waals surface area (Å²) in [7, 11) is 1.61. The van der Waals surface area contributed by atoms with Crippen LogP contribution in [0, 0.1) is 0 Å². The van der Waals surface area contributed by atoms with E-state index in [1.807, 2.05) is 30.3 Å². The fourth-order valence-electron chi connectivity index (χ4n) is 2.44. The molecule has 0 amide bonds. The minimum atomic E-state index is -0.104. The van der Waals surface area contributed by atoms with E-state index >= 15 is 0 Å². The van der Waals surface area contributed by atoms with E-state index < -0.39 is 0 Å². The summed E-state index contributed by atoms with van der Waals surface area (Å²) in [5.41, 5.74) is 5.06. The monoisotopic (exact) mass is 318 g/mol. The molecule has 1 atom stereocenters. The lowest BCUT2D eigenvalue weighted by Gasteiger charge is -2.17. The number of nitrogens with one attached hydrogen (secondary N) is 1. The van der Waals surface area contributed by atoms with E-state index in [2.05, 4.69) is 22.9 Å². The number of fused-ring (bicyclic) bond motifs is 1. The average Bonchev–Trinajstić information content (AvgIpc) is 2.94. The molecule has 0 radical (unpaired) electrons. The van der Waals surface area contributed by atoms with Crippen molar-refractivity contribution < 1.29 is 4.74 Å². The first-order chi connectivity index (χ1) is 10.2. The zero-order chi connectivity index (χ0) is 14.8. The van der Waals surface area contributed by atoms with Crippen molar-refractivity contribution in [3.05, 3.63) is 64.0 Å². The fraction of sp³-hybridized carbons (Fsp3) is 0.125. The van der Waals surface area contributed by atoms with E-state index in [4.69, 9.17) is 22.2 Å². The second-order valence-electron chi connectivity index (χ2n) is 4.68. The third-order valence-corrected chi connectivity index (χ3v) is 4.79. The molecule has 0 saturated carbocycles. The van der Waals surface area contributed by atoms with Crippen molar-refractivity contribution in [3.8, 4) is 5.75 Å². The molecule has 0 aliphatic rings. The first kappa shape index (κ1) is 14.4. The maximum atomic E-state index is 6.09. The molecule has 0 spiro atoms. The molecule has 3 nitrogen and oxygen atoms in total. The van der Waals surface area contributed by atoms with E-state index in [0.717, 1.165) is 11.1 Å². The van der Waals surface area contributed by atoms with Crippen molar-refractivity contribution in [1.29, 1.82) is 0 Å². The van der Waals surface area contributed by atoms with Crippen LogP contribution in [0.3, 0.4) is 0 Å². The topological polar surface area (TPSA) is 47.3 Å². The Morgan fingerprint density at radius 3 is 2.81 bits per heavy atom. The predicted molar refractivity (Wildman–Crippen MR) is 89.0 cm³/mol. The van der Waals surface area contributed by atoms with E-state index in [1.165, 1.54) is 10.1 Å². The third kappa shape index (κ3) is 2.63. The van der Waals surface area contributed by atoms with E-state index in [9.17, 15) is 0 Å². The largest absolute Gasteiger partial charge is 0.495 e. The van der Waals surface area contributed by atoms with Gasteiger partial charge in [-0.3, -0.25) is 5.84 Å². The highest BCUT2D eigenvalue weighted by Crippen LogP contribution is 2.35. The molecule has 3 rings (SSSR count). The number of benzene rings is 2. The number of thiophene rings is 1. The van der Waals surface area contributed by atoms with E-state index in [-0.39, 0.29) is 6.04 Å². The van der Waals surface area contributed by atoms with Gasteiger partial charge in [-0.2, -0.15) is 0 Å². The number of halogens is 1. The molecule has 0 saturated heterocycles. The van der Waals surface area contributed by atoms with Crippen LogP contribution in [-0.2, 0) is 0 Å². The SMILES string of the molecule is COc1cc(C(NN)c2csc3ccccc23)ccc1Cl. The van der Waals surface area contributed by atoms with E-state index in [1.54, 1.807) is 18.4 Å². The molecule has 0 bridgehead atoms. The molecule has 3 N–H and O–H groups in total. The Bertz CT molecular complexity index is 772. The summed E-state index contributed by atoms with van der Waals surface area (Å²) >= 11 is 7.80. The van der Waals surface area contributed by atoms with Crippen LogP contribution in [0.1, 0.15) is 17.2 Å². The average molecular weight is 319 g/mol. The van der Waals surface area contributed by atoms with Gasteiger partial charge in [0.15, 0.2) is 0 Å². The van der Waals surface area contributed by atoms with Crippen LogP contribution in [0.4, 0.5) is 0 Å². The van der Waals surface area contributed by atoms with Crippen LogP contribution in [-0.4, -0.2) is 7.11 Å². The molecule has 0 aliphatic heterocycles. The third-order valence-electron chi connectivity index (χ3n) is 3.50. The molecular formula is C16H15ClN2OS. The van der Waals surface area contributed by atoms with Gasteiger partial charge in [0.05, 0.1) is 18.2 Å². The first-order valence-electron chi connectivity index (χ1n) is 6.50. The number of hydrazine groups is 1. The Balaban J connectivity index is 2.10. The van der Waals surface area contributed by atoms with Crippen LogP contribution >= 0.6 is 22.9 Å². The maximum absolute atomic E-state index is 6.09. The van der Waals surface area contributed by atoms with Crippen LogP contribution in [0.25, 0.3) is 10.1 Å².